The van der Waals surface area contributed by atoms with Gasteiger partial charge < -0.3 is 11.1 Å². The molecule has 1 aliphatic rings. The third kappa shape index (κ3) is 3.33. The molecule has 0 aromatic heterocycles. The molecule has 0 spiro atoms. The van der Waals surface area contributed by atoms with E-state index in [4.69, 9.17) is 5.73 Å². The van der Waals surface area contributed by atoms with E-state index in [1.54, 1.807) is 12.1 Å². The normalized spacial score (nSPS) is 16.0. The van der Waals surface area contributed by atoms with Gasteiger partial charge in [-0.05, 0) is 44.0 Å². The molecule has 0 saturated heterocycles. The molecular formula is C13H17N3O4S. The third-order valence-electron chi connectivity index (χ3n) is 3.45. The van der Waals surface area contributed by atoms with E-state index in [1.165, 1.54) is 19.1 Å². The summed E-state index contributed by atoms with van der Waals surface area (Å²) in [7, 11) is -3.33. The van der Waals surface area contributed by atoms with Crippen molar-refractivity contribution in [2.45, 2.75) is 19.8 Å². The fraction of sp³-hybridized carbons (Fsp3) is 0.385. The Labute approximate surface area is 123 Å². The highest BCUT2D eigenvalue weighted by Gasteiger charge is 2.55. The highest BCUT2D eigenvalue weighted by atomic mass is 32.2. The maximum Gasteiger partial charge on any atom is 0.240 e. The highest BCUT2D eigenvalue weighted by Crippen LogP contribution is 2.46. The second-order valence-corrected chi connectivity index (χ2v) is 6.99. The number of anilines is 2. The van der Waals surface area contributed by atoms with Crippen LogP contribution in [0.3, 0.4) is 0 Å². The minimum atomic E-state index is -3.33. The Bertz CT molecular complexity index is 663. The number of hydrogen-bond donors (Lipinski definition) is 3. The number of nitrogens with one attached hydrogen (secondary N) is 2. The Morgan fingerprint density at radius 3 is 2.14 bits per heavy atom. The Morgan fingerprint density at radius 2 is 1.71 bits per heavy atom. The molecule has 1 fully saturated rings. The van der Waals surface area contributed by atoms with Crippen LogP contribution in [0.2, 0.25) is 0 Å². The van der Waals surface area contributed by atoms with Crippen LogP contribution in [0.25, 0.3) is 0 Å². The molecule has 114 valence electrons. The molecule has 0 heterocycles. The van der Waals surface area contributed by atoms with Crippen molar-refractivity contribution < 1.29 is 18.0 Å². The number of primary amides is 1. The maximum absolute atomic E-state index is 12.0. The predicted octanol–water partition coefficient (Wildman–Crippen LogP) is 0.652. The zero-order valence-electron chi connectivity index (χ0n) is 11.5. The van der Waals surface area contributed by atoms with Gasteiger partial charge in [0, 0.05) is 11.4 Å². The minimum absolute atomic E-state index is 0.0212. The lowest BCUT2D eigenvalue weighted by molar-refractivity contribution is -0.132. The molecule has 0 radical (unpaired) electrons. The van der Waals surface area contributed by atoms with Gasteiger partial charge in [-0.2, -0.15) is 0 Å². The number of rotatable bonds is 6. The topological polar surface area (TPSA) is 118 Å². The van der Waals surface area contributed by atoms with E-state index in [1.807, 2.05) is 0 Å². The maximum atomic E-state index is 12.0. The van der Waals surface area contributed by atoms with Crippen molar-refractivity contribution in [3.05, 3.63) is 24.3 Å². The number of sulfonamides is 1. The molecule has 1 aromatic carbocycles. The van der Waals surface area contributed by atoms with Crippen LogP contribution in [0, 0.1) is 5.41 Å². The quantitative estimate of drug-likeness (QED) is 0.668. The molecule has 0 atom stereocenters. The van der Waals surface area contributed by atoms with Crippen LogP contribution < -0.4 is 15.8 Å². The molecule has 21 heavy (non-hydrogen) atoms. The van der Waals surface area contributed by atoms with Crippen LogP contribution >= 0.6 is 0 Å². The first-order chi connectivity index (χ1) is 9.79. The second-order valence-electron chi connectivity index (χ2n) is 4.98. The van der Waals surface area contributed by atoms with E-state index < -0.39 is 27.3 Å². The molecular weight excluding hydrogens is 294 g/mol. The van der Waals surface area contributed by atoms with Crippen molar-refractivity contribution in [3.8, 4) is 0 Å². The van der Waals surface area contributed by atoms with Gasteiger partial charge in [-0.15, -0.1) is 0 Å². The number of benzene rings is 1. The molecule has 0 bridgehead atoms. The van der Waals surface area contributed by atoms with Gasteiger partial charge in [0.15, 0.2) is 0 Å². The first-order valence-corrected chi connectivity index (χ1v) is 8.16. The first-order valence-electron chi connectivity index (χ1n) is 6.51. The van der Waals surface area contributed by atoms with Gasteiger partial charge in [-0.25, -0.2) is 8.42 Å². The lowest BCUT2D eigenvalue weighted by atomic mass is 10.1. The Balaban J connectivity index is 2.03. The molecule has 7 nitrogen and oxygen atoms in total. The van der Waals surface area contributed by atoms with Crippen LogP contribution in [0.4, 0.5) is 11.4 Å². The number of hydrogen-bond acceptors (Lipinski definition) is 4. The fourth-order valence-corrected chi connectivity index (χ4v) is 2.47. The third-order valence-corrected chi connectivity index (χ3v) is 4.76. The van der Waals surface area contributed by atoms with Crippen molar-refractivity contribution in [1.82, 2.24) is 0 Å². The Kier molecular flexibility index (Phi) is 3.91. The number of amides is 2. The van der Waals surface area contributed by atoms with E-state index in [0.29, 0.717) is 24.2 Å². The van der Waals surface area contributed by atoms with Crippen LogP contribution in [-0.4, -0.2) is 26.0 Å². The zero-order valence-corrected chi connectivity index (χ0v) is 12.4. The van der Waals surface area contributed by atoms with E-state index >= 15 is 0 Å². The van der Waals surface area contributed by atoms with Crippen molar-refractivity contribution in [1.29, 1.82) is 0 Å². The molecule has 8 heteroatoms. The summed E-state index contributed by atoms with van der Waals surface area (Å²) in [5, 5.41) is 2.61. The van der Waals surface area contributed by atoms with Crippen LogP contribution in [0.15, 0.2) is 24.3 Å². The van der Waals surface area contributed by atoms with Crippen LogP contribution in [0.5, 0.6) is 0 Å². The summed E-state index contributed by atoms with van der Waals surface area (Å²) in [5.74, 6) is -1.06. The smallest absolute Gasteiger partial charge is 0.240 e. The summed E-state index contributed by atoms with van der Waals surface area (Å²) < 4.78 is 25.2. The average molecular weight is 311 g/mol. The van der Waals surface area contributed by atoms with Crippen LogP contribution in [-0.2, 0) is 19.6 Å². The van der Waals surface area contributed by atoms with Crippen molar-refractivity contribution in [2.24, 2.45) is 11.1 Å². The molecule has 1 aliphatic carbocycles. The Hall–Kier alpha value is -2.09. The molecule has 4 N–H and O–H groups in total. The Morgan fingerprint density at radius 1 is 1.19 bits per heavy atom. The number of carbonyl (C=O) groups excluding carboxylic acids is 2. The van der Waals surface area contributed by atoms with Crippen LogP contribution in [0.1, 0.15) is 19.8 Å². The predicted molar refractivity (Wildman–Crippen MR) is 79.0 cm³/mol. The highest BCUT2D eigenvalue weighted by molar-refractivity contribution is 7.92. The van der Waals surface area contributed by atoms with Crippen molar-refractivity contribution >= 4 is 33.2 Å². The summed E-state index contributed by atoms with van der Waals surface area (Å²) in [6.45, 7) is 1.54. The number of carbonyl (C=O) groups is 2. The molecule has 1 saturated carbocycles. The summed E-state index contributed by atoms with van der Waals surface area (Å²) >= 11 is 0. The molecule has 2 amide bonds. The lowest BCUT2D eigenvalue weighted by Gasteiger charge is -2.12. The summed E-state index contributed by atoms with van der Waals surface area (Å²) in [6.07, 6.45) is 0.922. The summed E-state index contributed by atoms with van der Waals surface area (Å²) in [6, 6.07) is 6.18. The number of nitrogens with two attached hydrogens (primary N) is 1. The van der Waals surface area contributed by atoms with E-state index in [-0.39, 0.29) is 5.75 Å². The zero-order chi connectivity index (χ0) is 15.7. The average Bonchev–Trinajstić information content (AvgIpc) is 3.22. The minimum Gasteiger partial charge on any atom is -0.369 e. The molecule has 0 unspecified atom stereocenters. The molecule has 1 aromatic rings. The van der Waals surface area contributed by atoms with E-state index in [2.05, 4.69) is 10.0 Å². The lowest BCUT2D eigenvalue weighted by Crippen LogP contribution is -2.36. The first kappa shape index (κ1) is 15.3. The van der Waals surface area contributed by atoms with E-state index in [0.717, 1.165) is 0 Å². The van der Waals surface area contributed by atoms with Crippen molar-refractivity contribution in [3.63, 3.8) is 0 Å². The summed E-state index contributed by atoms with van der Waals surface area (Å²) in [4.78, 5) is 23.2. The van der Waals surface area contributed by atoms with Gasteiger partial charge >= 0.3 is 0 Å². The standard InChI is InChI=1S/C13H17N3O4S/c1-2-21(19,20)16-10-5-3-9(4-6-10)15-12(18)13(7-8-13)11(14)17/h3-6,16H,2,7-8H2,1H3,(H2,14,17)(H,15,18). The van der Waals surface area contributed by atoms with E-state index in [9.17, 15) is 18.0 Å². The van der Waals surface area contributed by atoms with Gasteiger partial charge in [0.2, 0.25) is 21.8 Å². The van der Waals surface area contributed by atoms with Gasteiger partial charge in [0.25, 0.3) is 0 Å². The second kappa shape index (κ2) is 5.36. The van der Waals surface area contributed by atoms with Gasteiger partial charge in [-0.1, -0.05) is 0 Å². The van der Waals surface area contributed by atoms with Crippen molar-refractivity contribution in [2.75, 3.05) is 15.8 Å². The SMILES string of the molecule is CCS(=O)(=O)Nc1ccc(NC(=O)C2(C(N)=O)CC2)cc1. The largest absolute Gasteiger partial charge is 0.369 e. The molecule has 2 rings (SSSR count). The molecule has 0 aliphatic heterocycles. The van der Waals surface area contributed by atoms with Gasteiger partial charge in [0.05, 0.1) is 5.75 Å². The fourth-order valence-electron chi connectivity index (χ4n) is 1.83. The monoisotopic (exact) mass is 311 g/mol. The summed E-state index contributed by atoms with van der Waals surface area (Å²) in [5.41, 5.74) is 5.03. The van der Waals surface area contributed by atoms with Gasteiger partial charge in [-0.3, -0.25) is 14.3 Å². The van der Waals surface area contributed by atoms with Gasteiger partial charge in [0.1, 0.15) is 5.41 Å².